The molecule has 118 valence electrons. The fourth-order valence-corrected chi connectivity index (χ4v) is 3.44. The lowest BCUT2D eigenvalue weighted by Crippen LogP contribution is -2.41. The van der Waals surface area contributed by atoms with E-state index in [9.17, 15) is 8.42 Å². The van der Waals surface area contributed by atoms with Crippen molar-refractivity contribution >= 4 is 10.0 Å². The van der Waals surface area contributed by atoms with Crippen LogP contribution in [0.5, 0.6) is 0 Å². The Morgan fingerprint density at radius 3 is 2.57 bits per heavy atom. The standard InChI is InChI=1S/C15H24N2O3S/c18-21(19,14-4-7-15-5-2-1-3-6-15)16-8-9-17-10-12-20-13-11-17/h1-3,5-6,16H,4,7-14H2. The summed E-state index contributed by atoms with van der Waals surface area (Å²) in [5, 5.41) is 0. The Kier molecular flexibility index (Phi) is 6.63. The molecule has 1 fully saturated rings. The van der Waals surface area contributed by atoms with Gasteiger partial charge in [0.25, 0.3) is 0 Å². The molecule has 1 aliphatic rings. The van der Waals surface area contributed by atoms with Gasteiger partial charge < -0.3 is 4.74 Å². The molecule has 1 saturated heterocycles. The van der Waals surface area contributed by atoms with Crippen LogP contribution < -0.4 is 4.72 Å². The number of nitrogens with one attached hydrogen (secondary N) is 1. The monoisotopic (exact) mass is 312 g/mol. The summed E-state index contributed by atoms with van der Waals surface area (Å²) in [6.07, 6.45) is 1.45. The largest absolute Gasteiger partial charge is 0.379 e. The Labute approximate surface area is 127 Å². The highest BCUT2D eigenvalue weighted by molar-refractivity contribution is 7.89. The van der Waals surface area contributed by atoms with Crippen LogP contribution in [0.4, 0.5) is 0 Å². The molecule has 0 aliphatic carbocycles. The van der Waals surface area contributed by atoms with E-state index in [1.807, 2.05) is 30.3 Å². The molecular formula is C15H24N2O3S. The summed E-state index contributed by atoms with van der Waals surface area (Å²) in [5.74, 6) is 0.186. The van der Waals surface area contributed by atoms with Gasteiger partial charge in [-0.25, -0.2) is 13.1 Å². The van der Waals surface area contributed by atoms with E-state index in [1.54, 1.807) is 0 Å². The summed E-state index contributed by atoms with van der Waals surface area (Å²) in [6.45, 7) is 4.48. The van der Waals surface area contributed by atoms with Crippen LogP contribution in [-0.2, 0) is 21.2 Å². The van der Waals surface area contributed by atoms with Crippen LogP contribution in [0.1, 0.15) is 12.0 Å². The second-order valence-corrected chi connectivity index (χ2v) is 7.18. The van der Waals surface area contributed by atoms with Gasteiger partial charge in [-0.3, -0.25) is 4.90 Å². The molecule has 0 saturated carbocycles. The summed E-state index contributed by atoms with van der Waals surface area (Å²) in [5.41, 5.74) is 1.18. The average molecular weight is 312 g/mol. The molecule has 1 N–H and O–H groups in total. The summed E-state index contributed by atoms with van der Waals surface area (Å²) in [6, 6.07) is 9.97. The number of hydrogen-bond donors (Lipinski definition) is 1. The van der Waals surface area contributed by atoms with E-state index >= 15 is 0 Å². The molecule has 0 unspecified atom stereocenters. The second kappa shape index (κ2) is 8.48. The number of rotatable bonds is 8. The van der Waals surface area contributed by atoms with Crippen molar-refractivity contribution in [3.8, 4) is 0 Å². The Morgan fingerprint density at radius 1 is 1.14 bits per heavy atom. The van der Waals surface area contributed by atoms with Crippen molar-refractivity contribution in [3.63, 3.8) is 0 Å². The maximum absolute atomic E-state index is 11.9. The van der Waals surface area contributed by atoms with E-state index < -0.39 is 10.0 Å². The van der Waals surface area contributed by atoms with Crippen molar-refractivity contribution in [1.29, 1.82) is 0 Å². The topological polar surface area (TPSA) is 58.6 Å². The zero-order valence-electron chi connectivity index (χ0n) is 12.3. The Hall–Kier alpha value is -0.950. The first-order valence-electron chi connectivity index (χ1n) is 7.47. The molecule has 2 rings (SSSR count). The number of morpholine rings is 1. The van der Waals surface area contributed by atoms with Gasteiger partial charge in [-0.05, 0) is 18.4 Å². The number of sulfonamides is 1. The van der Waals surface area contributed by atoms with E-state index in [0.29, 0.717) is 13.0 Å². The van der Waals surface area contributed by atoms with Gasteiger partial charge in [0.2, 0.25) is 10.0 Å². The molecule has 0 atom stereocenters. The third kappa shape index (κ3) is 6.56. The predicted octanol–water partition coefficient (Wildman–Crippen LogP) is 0.871. The minimum Gasteiger partial charge on any atom is -0.379 e. The number of aryl methyl sites for hydroxylation is 1. The van der Waals surface area contributed by atoms with Crippen molar-refractivity contribution < 1.29 is 13.2 Å². The number of hydrogen-bond acceptors (Lipinski definition) is 4. The lowest BCUT2D eigenvalue weighted by atomic mass is 10.1. The van der Waals surface area contributed by atoms with Gasteiger partial charge in [0.15, 0.2) is 0 Å². The summed E-state index contributed by atoms with van der Waals surface area (Å²) in [7, 11) is -3.16. The zero-order chi connectivity index (χ0) is 15.0. The molecule has 1 aliphatic heterocycles. The summed E-state index contributed by atoms with van der Waals surface area (Å²) >= 11 is 0. The van der Waals surface area contributed by atoms with Gasteiger partial charge in [0.05, 0.1) is 19.0 Å². The molecule has 21 heavy (non-hydrogen) atoms. The van der Waals surface area contributed by atoms with Crippen molar-refractivity contribution in [2.75, 3.05) is 45.1 Å². The Bertz CT molecular complexity index is 499. The van der Waals surface area contributed by atoms with Gasteiger partial charge in [-0.15, -0.1) is 0 Å². The molecule has 0 radical (unpaired) electrons. The highest BCUT2D eigenvalue weighted by Crippen LogP contribution is 2.03. The fourth-order valence-electron chi connectivity index (χ4n) is 2.37. The van der Waals surface area contributed by atoms with Gasteiger partial charge in [0, 0.05) is 26.2 Å². The average Bonchev–Trinajstić information content (AvgIpc) is 2.49. The van der Waals surface area contributed by atoms with Gasteiger partial charge >= 0.3 is 0 Å². The molecule has 6 heteroatoms. The second-order valence-electron chi connectivity index (χ2n) is 5.26. The first-order chi connectivity index (χ1) is 10.2. The number of nitrogens with zero attached hydrogens (tertiary/aromatic N) is 1. The minimum absolute atomic E-state index is 0.186. The predicted molar refractivity (Wildman–Crippen MR) is 83.8 cm³/mol. The highest BCUT2D eigenvalue weighted by atomic mass is 32.2. The number of ether oxygens (including phenoxy) is 1. The van der Waals surface area contributed by atoms with Gasteiger partial charge in [-0.2, -0.15) is 0 Å². The van der Waals surface area contributed by atoms with E-state index in [-0.39, 0.29) is 5.75 Å². The van der Waals surface area contributed by atoms with Crippen molar-refractivity contribution in [2.45, 2.75) is 12.8 Å². The third-order valence-corrected chi connectivity index (χ3v) is 5.05. The molecule has 0 aromatic heterocycles. The van der Waals surface area contributed by atoms with Crippen molar-refractivity contribution in [3.05, 3.63) is 35.9 Å². The molecular weight excluding hydrogens is 288 g/mol. The Morgan fingerprint density at radius 2 is 1.86 bits per heavy atom. The van der Waals surface area contributed by atoms with Crippen LogP contribution in [-0.4, -0.2) is 58.5 Å². The van der Waals surface area contributed by atoms with E-state index in [2.05, 4.69) is 9.62 Å². The van der Waals surface area contributed by atoms with E-state index in [0.717, 1.165) is 39.3 Å². The number of benzene rings is 1. The van der Waals surface area contributed by atoms with Crippen molar-refractivity contribution in [1.82, 2.24) is 9.62 Å². The lowest BCUT2D eigenvalue weighted by molar-refractivity contribution is 0.0390. The molecule has 1 heterocycles. The third-order valence-electron chi connectivity index (χ3n) is 3.58. The first kappa shape index (κ1) is 16.4. The molecule has 1 aromatic carbocycles. The zero-order valence-corrected chi connectivity index (χ0v) is 13.1. The molecule has 0 bridgehead atoms. The van der Waals surface area contributed by atoms with Crippen LogP contribution in [0.2, 0.25) is 0 Å². The smallest absolute Gasteiger partial charge is 0.211 e. The van der Waals surface area contributed by atoms with Crippen LogP contribution in [0.15, 0.2) is 30.3 Å². The summed E-state index contributed by atoms with van der Waals surface area (Å²) < 4.78 is 31.8. The Balaban J connectivity index is 1.62. The van der Waals surface area contributed by atoms with Crippen LogP contribution in [0.25, 0.3) is 0 Å². The summed E-state index contributed by atoms with van der Waals surface area (Å²) in [4.78, 5) is 2.22. The van der Waals surface area contributed by atoms with Gasteiger partial charge in [-0.1, -0.05) is 30.3 Å². The molecule has 1 aromatic rings. The SMILES string of the molecule is O=S(=O)(CCCc1ccccc1)NCCN1CCOCC1. The fraction of sp³-hybridized carbons (Fsp3) is 0.600. The van der Waals surface area contributed by atoms with Crippen molar-refractivity contribution in [2.24, 2.45) is 0 Å². The van der Waals surface area contributed by atoms with Gasteiger partial charge in [0.1, 0.15) is 0 Å². The lowest BCUT2D eigenvalue weighted by Gasteiger charge is -2.26. The van der Waals surface area contributed by atoms with E-state index in [4.69, 9.17) is 4.74 Å². The quantitative estimate of drug-likeness (QED) is 0.774. The van der Waals surface area contributed by atoms with Crippen LogP contribution in [0.3, 0.4) is 0 Å². The first-order valence-corrected chi connectivity index (χ1v) is 9.12. The normalized spacial score (nSPS) is 17.0. The maximum atomic E-state index is 11.9. The highest BCUT2D eigenvalue weighted by Gasteiger charge is 2.13. The van der Waals surface area contributed by atoms with E-state index in [1.165, 1.54) is 5.56 Å². The molecule has 5 nitrogen and oxygen atoms in total. The van der Waals surface area contributed by atoms with Crippen LogP contribution >= 0.6 is 0 Å². The minimum atomic E-state index is -3.16. The molecule has 0 amide bonds. The van der Waals surface area contributed by atoms with Crippen LogP contribution in [0, 0.1) is 0 Å². The maximum Gasteiger partial charge on any atom is 0.211 e. The molecule has 0 spiro atoms.